The van der Waals surface area contributed by atoms with E-state index in [0.29, 0.717) is 19.3 Å². The lowest BCUT2D eigenvalue weighted by atomic mass is 10.1. The van der Waals surface area contributed by atoms with Gasteiger partial charge in [0.15, 0.2) is 0 Å². The zero-order chi connectivity index (χ0) is 25.5. The summed E-state index contributed by atoms with van der Waals surface area (Å²) >= 11 is 13.6. The van der Waals surface area contributed by atoms with Gasteiger partial charge in [-0.15, -0.1) is 0 Å². The fourth-order valence-corrected chi connectivity index (χ4v) is 3.57. The number of anilines is 1. The highest BCUT2D eigenvalue weighted by Gasteiger charge is 2.41. The smallest absolute Gasteiger partial charge is 0.349 e. The van der Waals surface area contributed by atoms with Crippen molar-refractivity contribution in [3.05, 3.63) is 97.5 Å². The van der Waals surface area contributed by atoms with Gasteiger partial charge in [-0.25, -0.2) is 14.4 Å². The summed E-state index contributed by atoms with van der Waals surface area (Å²) in [7, 11) is 0. The van der Waals surface area contributed by atoms with E-state index in [1.54, 1.807) is 24.3 Å². The fourth-order valence-electron chi connectivity index (χ4n) is 2.80. The number of hydrogen-bond donors (Lipinski definition) is 2. The number of esters is 2. The second kappa shape index (κ2) is 12.0. The molecule has 1 amide bonds. The van der Waals surface area contributed by atoms with Gasteiger partial charge in [-0.3, -0.25) is 4.79 Å². The zero-order valence-corrected chi connectivity index (χ0v) is 21.3. The highest BCUT2D eigenvalue weighted by Crippen LogP contribution is 2.20. The molecule has 0 bridgehead atoms. The molecule has 0 spiro atoms. The predicted octanol–water partition coefficient (Wildman–Crippen LogP) is 5.07. The molecule has 2 atom stereocenters. The minimum atomic E-state index is -2.16. The molecular formula is C24H16Cl2INO7. The molecule has 3 aromatic carbocycles. The standard InChI is InChI=1S/C24H16Cl2INO7/c25-15-9-5-13(6-10-15)23(32)34-19(21(29)28-18-4-2-1-3-17(18)27)20(22(30)31)35-24(33)14-7-11-16(26)12-8-14/h1-12,19-20H,(H,28,29)(H,30,31)/t19-,20-/m0/s1. The highest BCUT2D eigenvalue weighted by atomic mass is 127. The molecule has 0 radical (unpaired) electrons. The van der Waals surface area contributed by atoms with Crippen LogP contribution in [0.5, 0.6) is 0 Å². The number of carbonyl (C=O) groups excluding carboxylic acids is 3. The number of para-hydroxylation sites is 1. The van der Waals surface area contributed by atoms with Crippen LogP contribution in [-0.4, -0.2) is 41.1 Å². The van der Waals surface area contributed by atoms with Gasteiger partial charge in [0.25, 0.3) is 5.91 Å². The summed E-state index contributed by atoms with van der Waals surface area (Å²) in [5, 5.41) is 13.0. The number of carbonyl (C=O) groups is 4. The number of benzene rings is 3. The first-order valence-corrected chi connectivity index (χ1v) is 11.7. The van der Waals surface area contributed by atoms with Crippen LogP contribution in [-0.2, 0) is 19.1 Å². The van der Waals surface area contributed by atoms with Crippen molar-refractivity contribution in [2.45, 2.75) is 12.2 Å². The van der Waals surface area contributed by atoms with Crippen molar-refractivity contribution in [1.82, 2.24) is 0 Å². The van der Waals surface area contributed by atoms with Crippen LogP contribution in [0.2, 0.25) is 10.0 Å². The number of amides is 1. The maximum absolute atomic E-state index is 13.1. The summed E-state index contributed by atoms with van der Waals surface area (Å²) in [5.74, 6) is -4.77. The Labute approximate surface area is 223 Å². The van der Waals surface area contributed by atoms with E-state index in [0.717, 1.165) is 0 Å². The average Bonchev–Trinajstić information content (AvgIpc) is 2.83. The Bertz CT molecular complexity index is 1250. The number of halogens is 3. The largest absolute Gasteiger partial charge is 0.478 e. The maximum Gasteiger partial charge on any atom is 0.349 e. The minimum Gasteiger partial charge on any atom is -0.478 e. The summed E-state index contributed by atoms with van der Waals surface area (Å²) in [5.41, 5.74) is 0.343. The Morgan fingerprint density at radius 2 is 1.20 bits per heavy atom. The summed E-state index contributed by atoms with van der Waals surface area (Å²) in [6.07, 6.45) is -4.18. The second-order valence-corrected chi connectivity index (χ2v) is 9.01. The van der Waals surface area contributed by atoms with Crippen LogP contribution < -0.4 is 5.32 Å². The number of hydrogen-bond acceptors (Lipinski definition) is 6. The van der Waals surface area contributed by atoms with Gasteiger partial charge in [-0.1, -0.05) is 35.3 Å². The molecule has 0 heterocycles. The number of nitrogens with one attached hydrogen (secondary N) is 1. The van der Waals surface area contributed by atoms with Crippen molar-refractivity contribution in [2.75, 3.05) is 5.32 Å². The monoisotopic (exact) mass is 627 g/mol. The molecule has 3 aromatic rings. The molecule has 11 heteroatoms. The maximum atomic E-state index is 13.1. The van der Waals surface area contributed by atoms with E-state index in [4.69, 9.17) is 32.7 Å². The van der Waals surface area contributed by atoms with E-state index in [-0.39, 0.29) is 11.1 Å². The van der Waals surface area contributed by atoms with Crippen molar-refractivity contribution < 1.29 is 33.8 Å². The third kappa shape index (κ3) is 7.17. The molecule has 0 saturated carbocycles. The van der Waals surface area contributed by atoms with Crippen molar-refractivity contribution >= 4 is 75.3 Å². The molecule has 35 heavy (non-hydrogen) atoms. The molecule has 0 aliphatic carbocycles. The van der Waals surface area contributed by atoms with E-state index in [2.05, 4.69) is 5.32 Å². The average molecular weight is 628 g/mol. The van der Waals surface area contributed by atoms with Crippen molar-refractivity contribution in [1.29, 1.82) is 0 Å². The molecule has 0 saturated heterocycles. The highest BCUT2D eigenvalue weighted by molar-refractivity contribution is 14.1. The number of carboxylic acids is 1. The molecule has 3 rings (SSSR count). The lowest BCUT2D eigenvalue weighted by Gasteiger charge is -2.24. The number of aliphatic carboxylic acids is 1. The molecular weight excluding hydrogens is 612 g/mol. The molecule has 2 N–H and O–H groups in total. The van der Waals surface area contributed by atoms with Gasteiger partial charge in [0.2, 0.25) is 12.2 Å². The Morgan fingerprint density at radius 1 is 0.743 bits per heavy atom. The Kier molecular flexibility index (Phi) is 9.07. The zero-order valence-electron chi connectivity index (χ0n) is 17.6. The minimum absolute atomic E-state index is 0.00894. The fraction of sp³-hybridized carbons (Fsp3) is 0.0833. The molecule has 8 nitrogen and oxygen atoms in total. The summed E-state index contributed by atoms with van der Waals surface area (Å²) in [6.45, 7) is 0. The number of carboxylic acid groups (broad SMARTS) is 1. The lowest BCUT2D eigenvalue weighted by molar-refractivity contribution is -0.157. The summed E-state index contributed by atoms with van der Waals surface area (Å²) < 4.78 is 11.0. The van der Waals surface area contributed by atoms with E-state index in [1.165, 1.54) is 48.5 Å². The van der Waals surface area contributed by atoms with Crippen molar-refractivity contribution in [3.63, 3.8) is 0 Å². The topological polar surface area (TPSA) is 119 Å². The molecule has 0 aromatic heterocycles. The molecule has 0 aliphatic rings. The summed E-state index contributed by atoms with van der Waals surface area (Å²) in [4.78, 5) is 50.5. The summed E-state index contributed by atoms with van der Waals surface area (Å²) in [6, 6.07) is 17.7. The van der Waals surface area contributed by atoms with Crippen LogP contribution in [0, 0.1) is 3.57 Å². The molecule has 180 valence electrons. The Balaban J connectivity index is 1.91. The van der Waals surface area contributed by atoms with E-state index < -0.39 is 36.0 Å². The van der Waals surface area contributed by atoms with Crippen LogP contribution in [0.25, 0.3) is 0 Å². The van der Waals surface area contributed by atoms with Crippen molar-refractivity contribution in [3.8, 4) is 0 Å². The van der Waals surface area contributed by atoms with Crippen LogP contribution in [0.15, 0.2) is 72.8 Å². The van der Waals surface area contributed by atoms with Gasteiger partial charge in [-0.05, 0) is 83.3 Å². The van der Waals surface area contributed by atoms with E-state index >= 15 is 0 Å². The molecule has 0 fully saturated rings. The number of rotatable bonds is 8. The van der Waals surface area contributed by atoms with Gasteiger partial charge in [0.1, 0.15) is 0 Å². The van der Waals surface area contributed by atoms with Crippen LogP contribution >= 0.6 is 45.8 Å². The van der Waals surface area contributed by atoms with Gasteiger partial charge < -0.3 is 19.9 Å². The Hall–Kier alpha value is -3.15. The van der Waals surface area contributed by atoms with Crippen molar-refractivity contribution in [2.24, 2.45) is 0 Å². The molecule has 0 unspecified atom stereocenters. The SMILES string of the molecule is O=C(O[C@H](C(=O)O)[C@H](OC(=O)c1ccc(Cl)cc1)C(=O)Nc1ccccc1I)c1ccc(Cl)cc1. The van der Waals surface area contributed by atoms with E-state index in [1.807, 2.05) is 22.6 Å². The molecule has 0 aliphatic heterocycles. The first kappa shape index (κ1) is 26.5. The first-order valence-electron chi connectivity index (χ1n) is 9.87. The van der Waals surface area contributed by atoms with Crippen LogP contribution in [0.3, 0.4) is 0 Å². The van der Waals surface area contributed by atoms with Crippen LogP contribution in [0.1, 0.15) is 20.7 Å². The van der Waals surface area contributed by atoms with E-state index in [9.17, 15) is 24.3 Å². The second-order valence-electron chi connectivity index (χ2n) is 6.97. The normalized spacial score (nSPS) is 12.2. The van der Waals surface area contributed by atoms with Gasteiger partial charge in [0, 0.05) is 13.6 Å². The van der Waals surface area contributed by atoms with Gasteiger partial charge in [0.05, 0.1) is 16.8 Å². The third-order valence-corrected chi connectivity index (χ3v) is 5.98. The first-order chi connectivity index (χ1) is 16.7. The number of ether oxygens (including phenoxy) is 2. The lowest BCUT2D eigenvalue weighted by Crippen LogP contribution is -2.48. The third-order valence-electron chi connectivity index (χ3n) is 4.54. The van der Waals surface area contributed by atoms with Gasteiger partial charge in [-0.2, -0.15) is 0 Å². The van der Waals surface area contributed by atoms with Gasteiger partial charge >= 0.3 is 17.9 Å². The quantitative estimate of drug-likeness (QED) is 0.264. The van der Waals surface area contributed by atoms with Crippen LogP contribution in [0.4, 0.5) is 5.69 Å². The Morgan fingerprint density at radius 3 is 1.66 bits per heavy atom. The predicted molar refractivity (Wildman–Crippen MR) is 137 cm³/mol.